The second kappa shape index (κ2) is 16.5. The maximum Gasteiger partial charge on any atom is 0.322 e. The number of nitrogens with one attached hydrogen (secondary N) is 2. The van der Waals surface area contributed by atoms with E-state index in [-0.39, 0.29) is 42.6 Å². The van der Waals surface area contributed by atoms with Crippen molar-refractivity contribution >= 4 is 66.9 Å². The summed E-state index contributed by atoms with van der Waals surface area (Å²) >= 11 is 6.82. The summed E-state index contributed by atoms with van der Waals surface area (Å²) in [4.78, 5) is 65.0. The van der Waals surface area contributed by atoms with Gasteiger partial charge in [0.15, 0.2) is 5.78 Å². The van der Waals surface area contributed by atoms with E-state index in [2.05, 4.69) is 64.2 Å². The maximum absolute atomic E-state index is 14.1. The summed E-state index contributed by atoms with van der Waals surface area (Å²) in [6.45, 7) is 7.61. The zero-order valence-electron chi connectivity index (χ0n) is 28.7. The summed E-state index contributed by atoms with van der Waals surface area (Å²) in [5.74, 6) is -0.807. The first-order valence-electron chi connectivity index (χ1n) is 17.7. The number of nitrogens with zero attached hydrogens (tertiary/aromatic N) is 5. The molecule has 0 radical (unpaired) electrons. The lowest BCUT2D eigenvalue weighted by atomic mass is 9.99. The van der Waals surface area contributed by atoms with Crippen LogP contribution in [0.3, 0.4) is 0 Å². The number of hydrogen-bond acceptors (Lipinski definition) is 8. The first kappa shape index (κ1) is 36.7. The summed E-state index contributed by atoms with van der Waals surface area (Å²) in [5.41, 5.74) is 8.87. The van der Waals surface area contributed by atoms with Crippen LogP contribution in [0.4, 0.5) is 16.2 Å². The van der Waals surface area contributed by atoms with Crippen LogP contribution >= 0.6 is 31.9 Å². The molecule has 4 aliphatic heterocycles. The normalized spacial score (nSPS) is 20.9. The SMILES string of the molecule is CN1CCN(C2CCN(CC(=O)NC(CC(=O)c3cc(Br)c(N)c(Br)c3)C(=O)N3CCC(N4CCc5ccccc5NC4=O)CC3)CC2)CC1. The molecule has 270 valence electrons. The molecule has 0 saturated carbocycles. The average Bonchev–Trinajstić information content (AvgIpc) is 3.28. The van der Waals surface area contributed by atoms with Gasteiger partial charge in [-0.15, -0.1) is 0 Å². The van der Waals surface area contributed by atoms with Gasteiger partial charge in [-0.2, -0.15) is 0 Å². The molecule has 0 bridgehead atoms. The predicted octanol–water partition coefficient (Wildman–Crippen LogP) is 3.64. The Kier molecular flexibility index (Phi) is 12.1. The van der Waals surface area contributed by atoms with Crippen molar-refractivity contribution in [1.29, 1.82) is 0 Å². The summed E-state index contributed by atoms with van der Waals surface area (Å²) in [6.07, 6.45) is 3.83. The number of para-hydroxylation sites is 1. The third-order valence-electron chi connectivity index (χ3n) is 10.8. The number of carbonyl (C=O) groups is 4. The number of carbonyl (C=O) groups excluding carboxylic acids is 4. The van der Waals surface area contributed by atoms with E-state index in [1.807, 2.05) is 29.2 Å². The predicted molar refractivity (Wildman–Crippen MR) is 201 cm³/mol. The van der Waals surface area contributed by atoms with E-state index in [9.17, 15) is 19.2 Å². The molecule has 0 spiro atoms. The number of nitrogen functional groups attached to an aromatic ring is 1. The van der Waals surface area contributed by atoms with Crippen LogP contribution in [0.2, 0.25) is 0 Å². The molecule has 3 saturated heterocycles. The fourth-order valence-corrected chi connectivity index (χ4v) is 8.86. The molecule has 4 aliphatic rings. The summed E-state index contributed by atoms with van der Waals surface area (Å²) in [7, 11) is 2.16. The third-order valence-corrected chi connectivity index (χ3v) is 12.1. The van der Waals surface area contributed by atoms with Crippen LogP contribution in [0.25, 0.3) is 0 Å². The Labute approximate surface area is 311 Å². The minimum atomic E-state index is -1.01. The molecule has 4 heterocycles. The van der Waals surface area contributed by atoms with Gasteiger partial charge in [0.2, 0.25) is 11.8 Å². The van der Waals surface area contributed by atoms with Crippen molar-refractivity contribution in [1.82, 2.24) is 29.8 Å². The molecule has 14 heteroatoms. The molecule has 2 aromatic rings. The number of hydrogen-bond donors (Lipinski definition) is 3. The van der Waals surface area contributed by atoms with Gasteiger partial charge in [0.25, 0.3) is 0 Å². The highest BCUT2D eigenvalue weighted by Gasteiger charge is 2.35. The maximum atomic E-state index is 14.1. The molecule has 1 unspecified atom stereocenters. The van der Waals surface area contributed by atoms with Gasteiger partial charge in [-0.05, 0) is 94.8 Å². The van der Waals surface area contributed by atoms with Gasteiger partial charge < -0.3 is 31.1 Å². The van der Waals surface area contributed by atoms with Crippen LogP contribution in [-0.2, 0) is 16.0 Å². The Hall–Kier alpha value is -3.04. The molecular formula is C36H48Br2N8O4. The van der Waals surface area contributed by atoms with E-state index in [4.69, 9.17) is 5.73 Å². The lowest BCUT2D eigenvalue weighted by molar-refractivity contribution is -0.138. The molecule has 12 nitrogen and oxygen atoms in total. The number of urea groups is 1. The molecule has 4 amide bonds. The number of fused-ring (bicyclic) bond motifs is 1. The van der Waals surface area contributed by atoms with Gasteiger partial charge in [-0.25, -0.2) is 4.79 Å². The average molecular weight is 817 g/mol. The monoisotopic (exact) mass is 814 g/mol. The van der Waals surface area contributed by atoms with Crippen LogP contribution in [0.5, 0.6) is 0 Å². The number of rotatable bonds is 9. The summed E-state index contributed by atoms with van der Waals surface area (Å²) in [5, 5.41) is 6.00. The largest absolute Gasteiger partial charge is 0.397 e. The topological polar surface area (TPSA) is 135 Å². The number of ketones is 1. The standard InChI is InChI=1S/C36H48Br2N8O4/c1-42-16-18-44(19-17-42)26-7-11-43(12-8-26)23-33(48)40-31(22-32(47)25-20-28(37)34(39)29(38)21-25)35(49)45-13-9-27(10-14-45)46-15-6-24-4-2-3-5-30(24)41-36(46)50/h2-5,20-21,26-27,31H,6-19,22-23,39H2,1H3,(H,40,48)(H,41,50). The Balaban J connectivity index is 1.08. The van der Waals surface area contributed by atoms with E-state index in [1.165, 1.54) is 0 Å². The van der Waals surface area contributed by atoms with E-state index < -0.39 is 6.04 Å². The van der Waals surface area contributed by atoms with Crippen molar-refractivity contribution in [2.75, 3.05) is 83.5 Å². The zero-order chi connectivity index (χ0) is 35.4. The van der Waals surface area contributed by atoms with Crippen LogP contribution < -0.4 is 16.4 Å². The van der Waals surface area contributed by atoms with Crippen molar-refractivity contribution < 1.29 is 19.2 Å². The van der Waals surface area contributed by atoms with Gasteiger partial charge in [-0.3, -0.25) is 24.2 Å². The van der Waals surface area contributed by atoms with Crippen molar-refractivity contribution in [3.63, 3.8) is 0 Å². The lowest BCUT2D eigenvalue weighted by Crippen LogP contribution is -2.56. The Morgan fingerprint density at radius 1 is 0.900 bits per heavy atom. The van der Waals surface area contributed by atoms with Gasteiger partial charge in [0, 0.05) is 97.6 Å². The molecule has 0 aliphatic carbocycles. The van der Waals surface area contributed by atoms with Crippen LogP contribution in [-0.4, -0.2) is 139 Å². The molecule has 0 aromatic heterocycles. The molecule has 1 atom stereocenters. The van der Waals surface area contributed by atoms with Gasteiger partial charge in [0.1, 0.15) is 6.04 Å². The number of halogens is 2. The molecule has 3 fully saturated rings. The Morgan fingerprint density at radius 2 is 1.54 bits per heavy atom. The summed E-state index contributed by atoms with van der Waals surface area (Å²) < 4.78 is 1.15. The number of anilines is 2. The smallest absolute Gasteiger partial charge is 0.322 e. The first-order chi connectivity index (χ1) is 24.0. The number of likely N-dealkylation sites (tertiary alicyclic amines) is 2. The highest BCUT2D eigenvalue weighted by molar-refractivity contribution is 9.11. The number of nitrogens with two attached hydrogens (primary N) is 1. The number of likely N-dealkylation sites (N-methyl/N-ethyl adjacent to an activating group) is 1. The van der Waals surface area contributed by atoms with Gasteiger partial charge in [0.05, 0.1) is 12.2 Å². The number of piperazine rings is 1. The van der Waals surface area contributed by atoms with Crippen LogP contribution in [0.15, 0.2) is 45.3 Å². The van der Waals surface area contributed by atoms with E-state index in [0.29, 0.717) is 58.7 Å². The van der Waals surface area contributed by atoms with Crippen molar-refractivity contribution in [2.24, 2.45) is 0 Å². The lowest BCUT2D eigenvalue weighted by Gasteiger charge is -2.42. The van der Waals surface area contributed by atoms with Crippen molar-refractivity contribution in [3.05, 3.63) is 56.5 Å². The third kappa shape index (κ3) is 8.87. The minimum absolute atomic E-state index is 0.0127. The van der Waals surface area contributed by atoms with Gasteiger partial charge >= 0.3 is 6.03 Å². The first-order valence-corrected chi connectivity index (χ1v) is 19.3. The molecule has 4 N–H and O–H groups in total. The second-order valence-electron chi connectivity index (χ2n) is 14.0. The zero-order valence-corrected chi connectivity index (χ0v) is 31.9. The molecule has 2 aromatic carbocycles. The number of amides is 4. The quantitative estimate of drug-likeness (QED) is 0.258. The summed E-state index contributed by atoms with van der Waals surface area (Å²) in [6, 6.07) is 10.5. The Morgan fingerprint density at radius 3 is 2.22 bits per heavy atom. The fraction of sp³-hybridized carbons (Fsp3) is 0.556. The molecular weight excluding hydrogens is 768 g/mol. The number of piperidine rings is 2. The fourth-order valence-electron chi connectivity index (χ4n) is 7.68. The van der Waals surface area contributed by atoms with E-state index in [1.54, 1.807) is 17.0 Å². The second-order valence-corrected chi connectivity index (χ2v) is 15.7. The molecule has 50 heavy (non-hydrogen) atoms. The molecule has 6 rings (SSSR count). The number of Topliss-reactive ketones (excluding diaryl/α,β-unsaturated/α-hetero) is 1. The highest BCUT2D eigenvalue weighted by atomic mass is 79.9. The van der Waals surface area contributed by atoms with E-state index in [0.717, 1.165) is 69.8 Å². The van der Waals surface area contributed by atoms with Gasteiger partial charge in [-0.1, -0.05) is 18.2 Å². The Bertz CT molecular complexity index is 1550. The van der Waals surface area contributed by atoms with Crippen molar-refractivity contribution in [2.45, 2.75) is 56.7 Å². The highest BCUT2D eigenvalue weighted by Crippen LogP contribution is 2.31. The van der Waals surface area contributed by atoms with Crippen LogP contribution in [0, 0.1) is 0 Å². The van der Waals surface area contributed by atoms with Crippen LogP contribution in [0.1, 0.15) is 48.0 Å². The van der Waals surface area contributed by atoms with E-state index >= 15 is 0 Å². The number of benzene rings is 2. The van der Waals surface area contributed by atoms with Crippen molar-refractivity contribution in [3.8, 4) is 0 Å². The minimum Gasteiger partial charge on any atom is -0.397 e.